The van der Waals surface area contributed by atoms with E-state index in [9.17, 15) is 14.4 Å². The lowest BCUT2D eigenvalue weighted by molar-refractivity contribution is -0.139. The van der Waals surface area contributed by atoms with Gasteiger partial charge >= 0.3 is 11.7 Å². The number of amides is 1. The topological polar surface area (TPSA) is 158 Å². The largest absolute Gasteiger partial charge is 0.480 e. The van der Waals surface area contributed by atoms with E-state index in [0.29, 0.717) is 19.4 Å². The maximum atomic E-state index is 12.2. The number of carboxylic acid groups (broad SMARTS) is 1. The van der Waals surface area contributed by atoms with E-state index in [1.807, 2.05) is 0 Å². The smallest absolute Gasteiger partial charge is 0.352 e. The first-order valence-corrected chi connectivity index (χ1v) is 6.96. The number of hydrogen-bond donors (Lipinski definition) is 3. The zero-order valence-corrected chi connectivity index (χ0v) is 12.5. The summed E-state index contributed by atoms with van der Waals surface area (Å²) in [6.45, 7) is 0.449. The average Bonchev–Trinajstić information content (AvgIpc) is 2.94. The van der Waals surface area contributed by atoms with Crippen molar-refractivity contribution in [1.82, 2.24) is 29.7 Å². The molecule has 0 bridgehead atoms. The van der Waals surface area contributed by atoms with Crippen LogP contribution in [0.5, 0.6) is 0 Å². The lowest BCUT2D eigenvalue weighted by Gasteiger charge is -2.13. The van der Waals surface area contributed by atoms with E-state index in [4.69, 9.17) is 10.8 Å². The number of rotatable bonds is 7. The summed E-state index contributed by atoms with van der Waals surface area (Å²) in [6, 6.07) is -1.06. The van der Waals surface area contributed by atoms with Crippen LogP contribution >= 0.6 is 0 Å². The molecule has 2 heterocycles. The number of carbonyl (C=O) groups excluding carboxylic acids is 1. The first-order valence-electron chi connectivity index (χ1n) is 6.96. The Balaban J connectivity index is 2.21. The van der Waals surface area contributed by atoms with Crippen LogP contribution < -0.4 is 16.7 Å². The third-order valence-electron chi connectivity index (χ3n) is 3.26. The van der Waals surface area contributed by atoms with Gasteiger partial charge in [0.1, 0.15) is 12.4 Å². The predicted octanol–water partition coefficient (Wildman–Crippen LogP) is -1.86. The molecule has 0 aromatic carbocycles. The van der Waals surface area contributed by atoms with Gasteiger partial charge in [-0.1, -0.05) is 5.21 Å². The Labute approximate surface area is 130 Å². The second kappa shape index (κ2) is 6.96. The summed E-state index contributed by atoms with van der Waals surface area (Å²) in [5.41, 5.74) is 4.67. The molecule has 124 valence electrons. The van der Waals surface area contributed by atoms with Crippen LogP contribution in [0.2, 0.25) is 0 Å². The second-order valence-corrected chi connectivity index (χ2v) is 4.93. The highest BCUT2D eigenvalue weighted by Gasteiger charge is 2.24. The molecule has 2 rings (SSSR count). The number of fused-ring (bicyclic) bond motifs is 1. The van der Waals surface area contributed by atoms with Crippen molar-refractivity contribution in [2.75, 3.05) is 6.54 Å². The number of nitrogens with zero attached hydrogens (tertiary/aromatic N) is 5. The van der Waals surface area contributed by atoms with E-state index in [0.717, 1.165) is 15.4 Å². The minimum Gasteiger partial charge on any atom is -0.480 e. The molecule has 0 fully saturated rings. The highest BCUT2D eigenvalue weighted by Crippen LogP contribution is 2.06. The van der Waals surface area contributed by atoms with Crippen molar-refractivity contribution in [2.45, 2.75) is 25.3 Å². The fourth-order valence-corrected chi connectivity index (χ4v) is 2.02. The van der Waals surface area contributed by atoms with Crippen LogP contribution in [-0.4, -0.2) is 53.9 Å². The van der Waals surface area contributed by atoms with Crippen LogP contribution in [0.25, 0.3) is 5.65 Å². The molecule has 0 saturated heterocycles. The normalized spacial score (nSPS) is 12.3. The molecular formula is C12H17N7O4. The van der Waals surface area contributed by atoms with Crippen LogP contribution in [0.15, 0.2) is 11.1 Å². The Morgan fingerprint density at radius 2 is 2.17 bits per heavy atom. The summed E-state index contributed by atoms with van der Waals surface area (Å²) in [7, 11) is 1.41. The number of aryl methyl sites for hydroxylation is 1. The van der Waals surface area contributed by atoms with Gasteiger partial charge in [-0.2, -0.15) is 4.68 Å². The highest BCUT2D eigenvalue weighted by atomic mass is 16.4. The molecule has 0 radical (unpaired) electrons. The summed E-state index contributed by atoms with van der Waals surface area (Å²) in [5.74, 6) is -1.88. The Bertz CT molecular complexity index is 781. The van der Waals surface area contributed by atoms with Gasteiger partial charge in [0.05, 0.1) is 0 Å². The van der Waals surface area contributed by atoms with Gasteiger partial charge in [0.25, 0.3) is 5.91 Å². The number of carboxylic acids is 1. The zero-order valence-electron chi connectivity index (χ0n) is 12.5. The molecular weight excluding hydrogens is 306 g/mol. The Kier molecular flexibility index (Phi) is 5.01. The van der Waals surface area contributed by atoms with Gasteiger partial charge in [-0.3, -0.25) is 4.79 Å². The lowest BCUT2D eigenvalue weighted by atomic mass is 10.1. The molecule has 11 nitrogen and oxygen atoms in total. The number of nitrogens with two attached hydrogens (primary N) is 1. The molecule has 1 amide bonds. The molecule has 4 N–H and O–H groups in total. The fraction of sp³-hybridized carbons (Fsp3) is 0.500. The molecule has 2 aromatic rings. The number of unbranched alkanes of at least 4 members (excludes halogenated alkanes) is 1. The fourth-order valence-electron chi connectivity index (χ4n) is 2.02. The van der Waals surface area contributed by atoms with Gasteiger partial charge in [0.15, 0.2) is 11.3 Å². The summed E-state index contributed by atoms with van der Waals surface area (Å²) in [5, 5.41) is 18.9. The maximum Gasteiger partial charge on any atom is 0.352 e. The van der Waals surface area contributed by atoms with Gasteiger partial charge < -0.3 is 16.2 Å². The first-order chi connectivity index (χ1) is 11.0. The van der Waals surface area contributed by atoms with Crippen molar-refractivity contribution in [3.05, 3.63) is 22.5 Å². The molecule has 0 aliphatic carbocycles. The van der Waals surface area contributed by atoms with Gasteiger partial charge in [-0.15, -0.1) is 5.10 Å². The van der Waals surface area contributed by atoms with Crippen molar-refractivity contribution < 1.29 is 14.7 Å². The summed E-state index contributed by atoms with van der Waals surface area (Å²) >= 11 is 0. The third kappa shape index (κ3) is 3.51. The number of aliphatic carboxylic acids is 1. The van der Waals surface area contributed by atoms with Gasteiger partial charge in [-0.25, -0.2) is 19.0 Å². The summed E-state index contributed by atoms with van der Waals surface area (Å²) in [6.07, 6.45) is 2.62. The third-order valence-corrected chi connectivity index (χ3v) is 3.26. The van der Waals surface area contributed by atoms with Crippen LogP contribution in [0.3, 0.4) is 0 Å². The summed E-state index contributed by atoms with van der Waals surface area (Å²) < 4.78 is 2.05. The number of carbonyl (C=O) groups is 2. The Morgan fingerprint density at radius 3 is 2.83 bits per heavy atom. The standard InChI is InChI=1S/C12H17N7O4/c1-18-12(23)19-6-14-8(9(19)16-17-18)10(20)15-7(11(21)22)4-2-3-5-13/h6-7H,2-5,13H2,1H3,(H,15,20)(H,21,22)/t7-/m0/s1. The quantitative estimate of drug-likeness (QED) is 0.500. The summed E-state index contributed by atoms with van der Waals surface area (Å²) in [4.78, 5) is 39.1. The lowest BCUT2D eigenvalue weighted by Crippen LogP contribution is -2.41. The van der Waals surface area contributed by atoms with Gasteiger partial charge in [0, 0.05) is 7.05 Å². The number of hydrogen-bond acceptors (Lipinski definition) is 7. The number of imidazole rings is 1. The van der Waals surface area contributed by atoms with Crippen molar-refractivity contribution in [3.63, 3.8) is 0 Å². The van der Waals surface area contributed by atoms with Crippen molar-refractivity contribution in [3.8, 4) is 0 Å². The Hall–Kier alpha value is -2.82. The molecule has 23 heavy (non-hydrogen) atoms. The van der Waals surface area contributed by atoms with Crippen LogP contribution in [0.1, 0.15) is 29.8 Å². The molecule has 0 aliphatic heterocycles. The highest BCUT2D eigenvalue weighted by molar-refractivity contribution is 5.99. The minimum absolute atomic E-state index is 0.0308. The van der Waals surface area contributed by atoms with Crippen molar-refractivity contribution in [2.24, 2.45) is 12.8 Å². The number of aromatic nitrogens is 5. The predicted molar refractivity (Wildman–Crippen MR) is 77.8 cm³/mol. The van der Waals surface area contributed by atoms with E-state index in [1.165, 1.54) is 7.05 Å². The van der Waals surface area contributed by atoms with Crippen LogP contribution in [0, 0.1) is 0 Å². The first kappa shape index (κ1) is 16.5. The van der Waals surface area contributed by atoms with E-state index < -0.39 is 23.6 Å². The van der Waals surface area contributed by atoms with Gasteiger partial charge in [-0.05, 0) is 25.8 Å². The van der Waals surface area contributed by atoms with Crippen LogP contribution in [0.4, 0.5) is 0 Å². The molecule has 0 aliphatic rings. The van der Waals surface area contributed by atoms with Crippen molar-refractivity contribution in [1.29, 1.82) is 0 Å². The molecule has 11 heteroatoms. The van der Waals surface area contributed by atoms with E-state index in [2.05, 4.69) is 20.6 Å². The maximum absolute atomic E-state index is 12.2. The molecule has 0 spiro atoms. The number of nitrogens with one attached hydrogen (secondary N) is 1. The minimum atomic E-state index is -1.15. The molecule has 2 aromatic heterocycles. The Morgan fingerprint density at radius 1 is 1.43 bits per heavy atom. The van der Waals surface area contributed by atoms with E-state index >= 15 is 0 Å². The average molecular weight is 323 g/mol. The van der Waals surface area contributed by atoms with Crippen molar-refractivity contribution >= 4 is 17.5 Å². The second-order valence-electron chi connectivity index (χ2n) is 4.93. The molecule has 0 saturated carbocycles. The van der Waals surface area contributed by atoms with Gasteiger partial charge in [0.2, 0.25) is 0 Å². The SMILES string of the molecule is Cn1nnc2c(C(=O)N[C@@H](CCCCN)C(=O)O)ncn2c1=O. The zero-order chi connectivity index (χ0) is 17.0. The molecule has 1 atom stereocenters. The van der Waals surface area contributed by atoms with E-state index in [1.54, 1.807) is 0 Å². The molecule has 0 unspecified atom stereocenters. The monoisotopic (exact) mass is 323 g/mol. The van der Waals surface area contributed by atoms with Crippen LogP contribution in [-0.2, 0) is 11.8 Å². The van der Waals surface area contributed by atoms with E-state index in [-0.39, 0.29) is 17.8 Å².